The zero-order valence-corrected chi connectivity index (χ0v) is 22.0. The number of halogens is 2. The number of piperidine rings is 1. The first-order valence-corrected chi connectivity index (χ1v) is 13.2. The number of allylic oxidation sites excluding steroid dienone is 2. The number of amides is 1. The summed E-state index contributed by atoms with van der Waals surface area (Å²) in [7, 11) is 0. The molecule has 6 rings (SSSR count). The van der Waals surface area contributed by atoms with Gasteiger partial charge in [-0.3, -0.25) is 9.47 Å². The van der Waals surface area contributed by atoms with E-state index in [1.807, 2.05) is 49.6 Å². The molecule has 0 bridgehead atoms. The highest BCUT2D eigenvalue weighted by Gasteiger charge is 2.50. The molecule has 0 radical (unpaired) electrons. The molecular formula is C27H31ClFN5O3. The van der Waals surface area contributed by atoms with Crippen molar-refractivity contribution < 1.29 is 18.7 Å². The molecule has 2 fully saturated rings. The molecule has 1 spiro atoms. The Balaban J connectivity index is 1.29. The number of rotatable bonds is 1. The summed E-state index contributed by atoms with van der Waals surface area (Å²) in [6, 6.07) is 5.67. The van der Waals surface area contributed by atoms with Gasteiger partial charge in [0.1, 0.15) is 11.4 Å². The molecule has 37 heavy (non-hydrogen) atoms. The number of carbonyl (C=O) groups is 1. The monoisotopic (exact) mass is 527 g/mol. The molecule has 0 N–H and O–H groups in total. The zero-order valence-electron chi connectivity index (χ0n) is 21.3. The van der Waals surface area contributed by atoms with Crippen LogP contribution in [0.2, 0.25) is 5.02 Å². The molecule has 2 saturated heterocycles. The van der Waals surface area contributed by atoms with Crippen LogP contribution in [0.25, 0.3) is 5.69 Å². The molecule has 1 aromatic carbocycles. The molecule has 2 aromatic rings. The first-order valence-electron chi connectivity index (χ1n) is 12.8. The van der Waals surface area contributed by atoms with E-state index in [4.69, 9.17) is 21.1 Å². The number of ether oxygens (including phenoxy) is 2. The molecule has 4 aliphatic rings. The van der Waals surface area contributed by atoms with Crippen molar-refractivity contribution in [3.8, 4) is 5.69 Å². The first-order chi connectivity index (χ1) is 17.6. The molecule has 196 valence electrons. The number of hydrogen-bond donors (Lipinski definition) is 0. The second-order valence-corrected chi connectivity index (χ2v) is 11.8. The lowest BCUT2D eigenvalue weighted by atomic mass is 9.74. The maximum atomic E-state index is 14.1. The number of hydrogen-bond acceptors (Lipinski definition) is 6. The molecular weight excluding hydrogens is 497 g/mol. The van der Waals surface area contributed by atoms with Crippen LogP contribution in [0.5, 0.6) is 0 Å². The van der Waals surface area contributed by atoms with Gasteiger partial charge in [0.15, 0.2) is 5.82 Å². The third-order valence-electron chi connectivity index (χ3n) is 7.71. The van der Waals surface area contributed by atoms with Crippen molar-refractivity contribution in [3.63, 3.8) is 0 Å². The van der Waals surface area contributed by atoms with Crippen molar-refractivity contribution in [1.82, 2.24) is 19.7 Å². The van der Waals surface area contributed by atoms with Crippen LogP contribution in [0.15, 0.2) is 42.3 Å². The number of aromatic nitrogens is 3. The summed E-state index contributed by atoms with van der Waals surface area (Å²) < 4.78 is 28.1. The SMILES string of the molecule is CC(C)(C)OC(=O)N1Cc2cc(Cl)ccc2-n2c(nnc2N2CCC3(CC2)OCC2C=CC(F)=CC23)C1. The van der Waals surface area contributed by atoms with E-state index in [9.17, 15) is 9.18 Å². The van der Waals surface area contributed by atoms with Crippen LogP contribution in [-0.4, -0.2) is 56.7 Å². The second-order valence-electron chi connectivity index (χ2n) is 11.3. The van der Waals surface area contributed by atoms with E-state index >= 15 is 0 Å². The Labute approximate surface area is 220 Å². The highest BCUT2D eigenvalue weighted by molar-refractivity contribution is 6.30. The van der Waals surface area contributed by atoms with Crippen LogP contribution in [0.3, 0.4) is 0 Å². The van der Waals surface area contributed by atoms with Crippen LogP contribution >= 0.6 is 11.6 Å². The Morgan fingerprint density at radius 2 is 2.00 bits per heavy atom. The minimum atomic E-state index is -0.614. The molecule has 3 aliphatic heterocycles. The van der Waals surface area contributed by atoms with E-state index in [0.717, 1.165) is 30.0 Å². The molecule has 8 nitrogen and oxygen atoms in total. The van der Waals surface area contributed by atoms with Gasteiger partial charge in [0.05, 0.1) is 31.0 Å². The van der Waals surface area contributed by atoms with Crippen LogP contribution in [0, 0.1) is 11.8 Å². The second kappa shape index (κ2) is 8.84. The van der Waals surface area contributed by atoms with Gasteiger partial charge in [-0.05, 0) is 69.5 Å². The maximum Gasteiger partial charge on any atom is 0.411 e. The van der Waals surface area contributed by atoms with Crippen molar-refractivity contribution in [1.29, 1.82) is 0 Å². The molecule has 1 aliphatic carbocycles. The van der Waals surface area contributed by atoms with E-state index in [1.165, 1.54) is 0 Å². The Morgan fingerprint density at radius 1 is 1.22 bits per heavy atom. The molecule has 0 saturated carbocycles. The maximum absolute atomic E-state index is 14.1. The number of carbonyl (C=O) groups excluding carboxylic acids is 1. The van der Waals surface area contributed by atoms with Gasteiger partial charge in [0.25, 0.3) is 0 Å². The Kier molecular flexibility index (Phi) is 5.84. The summed E-state index contributed by atoms with van der Waals surface area (Å²) in [5.74, 6) is 1.48. The molecule has 10 heteroatoms. The normalized spacial score (nSPS) is 24.3. The summed E-state index contributed by atoms with van der Waals surface area (Å²) in [4.78, 5) is 16.9. The largest absolute Gasteiger partial charge is 0.444 e. The van der Waals surface area contributed by atoms with Gasteiger partial charge in [0, 0.05) is 29.9 Å². The topological polar surface area (TPSA) is 72.7 Å². The number of nitrogens with zero attached hydrogens (tertiary/aromatic N) is 5. The van der Waals surface area contributed by atoms with Gasteiger partial charge < -0.3 is 14.4 Å². The minimum Gasteiger partial charge on any atom is -0.444 e. The summed E-state index contributed by atoms with van der Waals surface area (Å²) >= 11 is 6.35. The lowest BCUT2D eigenvalue weighted by Gasteiger charge is -2.42. The molecule has 4 heterocycles. The van der Waals surface area contributed by atoms with Gasteiger partial charge in [-0.2, -0.15) is 0 Å². The number of benzene rings is 1. The van der Waals surface area contributed by atoms with Gasteiger partial charge in [0.2, 0.25) is 5.95 Å². The molecule has 1 aromatic heterocycles. The van der Waals surface area contributed by atoms with E-state index in [2.05, 4.69) is 15.1 Å². The zero-order chi connectivity index (χ0) is 25.9. The quantitative estimate of drug-likeness (QED) is 0.508. The summed E-state index contributed by atoms with van der Waals surface area (Å²) in [5.41, 5.74) is 0.814. The third kappa shape index (κ3) is 4.42. The first kappa shape index (κ1) is 24.4. The molecule has 2 unspecified atom stereocenters. The molecule has 2 atom stereocenters. The highest BCUT2D eigenvalue weighted by atomic mass is 35.5. The predicted octanol–water partition coefficient (Wildman–Crippen LogP) is 5.20. The Bertz CT molecular complexity index is 1290. The van der Waals surface area contributed by atoms with Crippen molar-refractivity contribution in [2.45, 2.75) is 57.9 Å². The van der Waals surface area contributed by atoms with E-state index in [0.29, 0.717) is 37.1 Å². The Morgan fingerprint density at radius 3 is 2.76 bits per heavy atom. The third-order valence-corrected chi connectivity index (χ3v) is 7.94. The van der Waals surface area contributed by atoms with Crippen LogP contribution in [0.1, 0.15) is 45.0 Å². The summed E-state index contributed by atoms with van der Waals surface area (Å²) in [6.07, 6.45) is 6.36. The smallest absolute Gasteiger partial charge is 0.411 e. The van der Waals surface area contributed by atoms with Crippen molar-refractivity contribution in [3.05, 3.63) is 58.7 Å². The summed E-state index contributed by atoms with van der Waals surface area (Å²) in [5, 5.41) is 9.65. The minimum absolute atomic E-state index is 0.0559. The van der Waals surface area contributed by atoms with Gasteiger partial charge in [-0.15, -0.1) is 10.2 Å². The average Bonchev–Trinajstić information content (AvgIpc) is 3.35. The fraction of sp³-hybridized carbons (Fsp3) is 0.519. The van der Waals surface area contributed by atoms with E-state index < -0.39 is 11.7 Å². The van der Waals surface area contributed by atoms with Gasteiger partial charge in [-0.1, -0.05) is 17.7 Å². The lowest BCUT2D eigenvalue weighted by molar-refractivity contribution is -0.0311. The van der Waals surface area contributed by atoms with Crippen LogP contribution < -0.4 is 4.90 Å². The number of anilines is 1. The van der Waals surface area contributed by atoms with Crippen LogP contribution in [-0.2, 0) is 22.6 Å². The van der Waals surface area contributed by atoms with Crippen molar-refractivity contribution >= 4 is 23.6 Å². The van der Waals surface area contributed by atoms with E-state index in [1.54, 1.807) is 17.1 Å². The van der Waals surface area contributed by atoms with Gasteiger partial charge >= 0.3 is 6.09 Å². The van der Waals surface area contributed by atoms with Gasteiger partial charge in [-0.25, -0.2) is 9.18 Å². The molecule has 1 amide bonds. The highest BCUT2D eigenvalue weighted by Crippen LogP contribution is 2.47. The van der Waals surface area contributed by atoms with Crippen LogP contribution in [0.4, 0.5) is 15.1 Å². The summed E-state index contributed by atoms with van der Waals surface area (Å²) in [6.45, 7) is 8.19. The lowest BCUT2D eigenvalue weighted by Crippen LogP contribution is -2.48. The standard InChI is InChI=1S/C27H31ClFN5O3/c1-26(2,3)37-25(35)33-14-18-12-19(28)5-7-22(18)34-23(15-33)30-31-24(34)32-10-8-27(9-11-32)21-13-20(29)6-4-17(21)16-36-27/h4-7,12-13,17,21H,8-11,14-16H2,1-3H3. The van der Waals surface area contributed by atoms with E-state index in [-0.39, 0.29) is 29.8 Å². The average molecular weight is 528 g/mol. The van der Waals surface area contributed by atoms with Crippen molar-refractivity contribution in [2.75, 3.05) is 24.6 Å². The fourth-order valence-corrected chi connectivity index (χ4v) is 6.15. The fourth-order valence-electron chi connectivity index (χ4n) is 5.96. The number of fused-ring (bicyclic) bond motifs is 5. The predicted molar refractivity (Wildman–Crippen MR) is 137 cm³/mol. The van der Waals surface area contributed by atoms with Crippen molar-refractivity contribution in [2.24, 2.45) is 11.8 Å². The Hall–Kier alpha value is -2.91.